The molecule has 4 aromatic rings. The zero-order chi connectivity index (χ0) is 18.5. The Balaban J connectivity index is 1.36. The van der Waals surface area contributed by atoms with Crippen LogP contribution in [0.4, 0.5) is 5.69 Å². The average Bonchev–Trinajstić information content (AvgIpc) is 3.42. The lowest BCUT2D eigenvalue weighted by Crippen LogP contribution is -2.08. The zero-order valence-electron chi connectivity index (χ0n) is 15.0. The van der Waals surface area contributed by atoms with Gasteiger partial charge in [0.1, 0.15) is 18.1 Å². The van der Waals surface area contributed by atoms with Gasteiger partial charge in [0.05, 0.1) is 25.1 Å². The average molecular weight is 380 g/mol. The molecule has 0 spiro atoms. The summed E-state index contributed by atoms with van der Waals surface area (Å²) in [6.45, 7) is 3.95. The first kappa shape index (κ1) is 17.4. The fourth-order valence-corrected chi connectivity index (χ4v) is 3.47. The molecule has 1 N–H and O–H groups in total. The molecule has 0 atom stereocenters. The van der Waals surface area contributed by atoms with Crippen LogP contribution in [0.2, 0.25) is 0 Å². The van der Waals surface area contributed by atoms with Crippen molar-refractivity contribution >= 4 is 17.0 Å². The van der Waals surface area contributed by atoms with Gasteiger partial charge < -0.3 is 19.0 Å². The van der Waals surface area contributed by atoms with Gasteiger partial charge in [0, 0.05) is 23.5 Å². The second-order valence-electron chi connectivity index (χ2n) is 6.04. The molecule has 7 heteroatoms. The van der Waals surface area contributed by atoms with Crippen LogP contribution in [0, 0.1) is 6.92 Å². The van der Waals surface area contributed by atoms with E-state index in [2.05, 4.69) is 15.3 Å². The number of para-hydroxylation sites is 2. The number of furan rings is 1. The van der Waals surface area contributed by atoms with Crippen molar-refractivity contribution in [1.82, 2.24) is 14.5 Å². The third-order valence-electron chi connectivity index (χ3n) is 4.01. The summed E-state index contributed by atoms with van der Waals surface area (Å²) < 4.78 is 13.6. The van der Waals surface area contributed by atoms with Crippen LogP contribution in [0.25, 0.3) is 10.8 Å². The molecule has 0 aliphatic carbocycles. The largest absolute Gasteiger partial charge is 0.490 e. The Kier molecular flexibility index (Phi) is 5.20. The molecule has 4 rings (SSSR count). The second-order valence-corrected chi connectivity index (χ2v) is 7.16. The van der Waals surface area contributed by atoms with Crippen molar-refractivity contribution in [3.8, 4) is 16.5 Å². The zero-order valence-corrected chi connectivity index (χ0v) is 15.8. The van der Waals surface area contributed by atoms with E-state index in [1.54, 1.807) is 23.9 Å². The Morgan fingerprint density at radius 3 is 2.96 bits per heavy atom. The molecule has 0 amide bonds. The van der Waals surface area contributed by atoms with Crippen LogP contribution in [0.1, 0.15) is 10.6 Å². The Morgan fingerprint density at radius 2 is 2.15 bits per heavy atom. The van der Waals surface area contributed by atoms with Gasteiger partial charge >= 0.3 is 0 Å². The smallest absolute Gasteiger partial charge is 0.162 e. The number of nitrogens with one attached hydrogen (secondary N) is 1. The lowest BCUT2D eigenvalue weighted by atomic mass is 10.3. The molecule has 0 saturated heterocycles. The van der Waals surface area contributed by atoms with Crippen molar-refractivity contribution in [2.75, 3.05) is 11.9 Å². The lowest BCUT2D eigenvalue weighted by molar-refractivity contribution is 0.299. The van der Waals surface area contributed by atoms with Gasteiger partial charge in [0.25, 0.3) is 0 Å². The Morgan fingerprint density at radius 1 is 1.22 bits per heavy atom. The molecule has 27 heavy (non-hydrogen) atoms. The molecule has 0 saturated carbocycles. The van der Waals surface area contributed by atoms with E-state index in [9.17, 15) is 0 Å². The number of nitrogens with zero attached hydrogens (tertiary/aromatic N) is 3. The molecule has 6 nitrogen and oxygen atoms in total. The molecule has 0 unspecified atom stereocenters. The predicted molar refractivity (Wildman–Crippen MR) is 106 cm³/mol. The van der Waals surface area contributed by atoms with E-state index in [-0.39, 0.29) is 0 Å². The van der Waals surface area contributed by atoms with Gasteiger partial charge in [-0.1, -0.05) is 12.1 Å². The SMILES string of the molecule is Cc1ccc(-c2ncc(CNc3ccccc3OCCn3ccnc3)s2)o1. The van der Waals surface area contributed by atoms with Crippen molar-refractivity contribution < 1.29 is 9.15 Å². The molecule has 0 aliphatic heterocycles. The van der Waals surface area contributed by atoms with E-state index in [0.717, 1.165) is 39.4 Å². The minimum absolute atomic E-state index is 0.581. The van der Waals surface area contributed by atoms with Crippen LogP contribution >= 0.6 is 11.3 Å². The highest BCUT2D eigenvalue weighted by Crippen LogP contribution is 2.29. The first-order valence-corrected chi connectivity index (χ1v) is 9.52. The minimum atomic E-state index is 0.581. The monoisotopic (exact) mass is 380 g/mol. The Hall–Kier alpha value is -3.06. The van der Waals surface area contributed by atoms with E-state index in [1.807, 2.05) is 60.3 Å². The van der Waals surface area contributed by atoms with Crippen LogP contribution in [0.5, 0.6) is 5.75 Å². The van der Waals surface area contributed by atoms with Crippen molar-refractivity contribution in [2.45, 2.75) is 20.0 Å². The van der Waals surface area contributed by atoms with Gasteiger partial charge in [-0.3, -0.25) is 0 Å². The van der Waals surface area contributed by atoms with Gasteiger partial charge in [-0.25, -0.2) is 9.97 Å². The standard InChI is InChI=1S/C20H20N4O2S/c1-15-6-7-19(26-15)20-23-13-16(27-20)12-22-17-4-2-3-5-18(17)25-11-10-24-9-8-21-14-24/h2-9,13-14,22H,10-12H2,1H3. The van der Waals surface area contributed by atoms with Crippen LogP contribution < -0.4 is 10.1 Å². The summed E-state index contributed by atoms with van der Waals surface area (Å²) >= 11 is 1.62. The van der Waals surface area contributed by atoms with Crippen LogP contribution in [0.15, 0.2) is 65.7 Å². The third kappa shape index (κ3) is 4.38. The fourth-order valence-electron chi connectivity index (χ4n) is 2.65. The van der Waals surface area contributed by atoms with Gasteiger partial charge in [-0.15, -0.1) is 11.3 Å². The first-order valence-electron chi connectivity index (χ1n) is 8.71. The molecule has 0 bridgehead atoms. The number of benzene rings is 1. The number of hydrogen-bond acceptors (Lipinski definition) is 6. The number of thiazole rings is 1. The summed E-state index contributed by atoms with van der Waals surface area (Å²) in [6.07, 6.45) is 7.36. The van der Waals surface area contributed by atoms with Gasteiger partial charge in [-0.05, 0) is 31.2 Å². The highest BCUT2D eigenvalue weighted by Gasteiger charge is 2.09. The predicted octanol–water partition coefficient (Wildman–Crippen LogP) is 4.60. The molecular formula is C20H20N4O2S. The topological polar surface area (TPSA) is 65.1 Å². The van der Waals surface area contributed by atoms with Crippen molar-refractivity contribution in [3.63, 3.8) is 0 Å². The Bertz CT molecular complexity index is 991. The molecule has 1 aromatic carbocycles. The molecule has 3 heterocycles. The molecule has 0 radical (unpaired) electrons. The number of aromatic nitrogens is 3. The van der Waals surface area contributed by atoms with E-state index in [0.29, 0.717) is 13.2 Å². The second kappa shape index (κ2) is 8.09. The molecular weight excluding hydrogens is 360 g/mol. The summed E-state index contributed by atoms with van der Waals surface area (Å²) in [5.74, 6) is 2.54. The van der Waals surface area contributed by atoms with Gasteiger partial charge in [-0.2, -0.15) is 0 Å². The number of imidazole rings is 1. The normalized spacial score (nSPS) is 10.9. The van der Waals surface area contributed by atoms with Crippen molar-refractivity contribution in [2.24, 2.45) is 0 Å². The van der Waals surface area contributed by atoms with E-state index in [1.165, 1.54) is 0 Å². The summed E-state index contributed by atoms with van der Waals surface area (Å²) in [4.78, 5) is 9.63. The van der Waals surface area contributed by atoms with Gasteiger partial charge in [0.15, 0.2) is 10.8 Å². The summed E-state index contributed by atoms with van der Waals surface area (Å²) in [6, 6.07) is 11.9. The first-order chi connectivity index (χ1) is 13.3. The summed E-state index contributed by atoms with van der Waals surface area (Å²) in [5, 5.41) is 4.33. The van der Waals surface area contributed by atoms with Gasteiger partial charge in [0.2, 0.25) is 0 Å². The number of anilines is 1. The fraction of sp³-hybridized carbons (Fsp3) is 0.200. The van der Waals surface area contributed by atoms with Crippen molar-refractivity contribution in [1.29, 1.82) is 0 Å². The van der Waals surface area contributed by atoms with Crippen LogP contribution in [-0.4, -0.2) is 21.1 Å². The number of ether oxygens (including phenoxy) is 1. The van der Waals surface area contributed by atoms with Crippen LogP contribution in [0.3, 0.4) is 0 Å². The highest BCUT2D eigenvalue weighted by atomic mass is 32.1. The Labute approximate surface area is 161 Å². The molecule has 138 valence electrons. The maximum atomic E-state index is 5.94. The molecule has 0 fully saturated rings. The van der Waals surface area contributed by atoms with E-state index in [4.69, 9.17) is 9.15 Å². The highest BCUT2D eigenvalue weighted by molar-refractivity contribution is 7.14. The quantitative estimate of drug-likeness (QED) is 0.484. The maximum absolute atomic E-state index is 5.94. The summed E-state index contributed by atoms with van der Waals surface area (Å²) in [7, 11) is 0. The minimum Gasteiger partial charge on any atom is -0.490 e. The van der Waals surface area contributed by atoms with Crippen LogP contribution in [-0.2, 0) is 13.1 Å². The molecule has 0 aliphatic rings. The van der Waals surface area contributed by atoms with Crippen molar-refractivity contribution in [3.05, 3.63) is 72.0 Å². The molecule has 3 aromatic heterocycles. The number of hydrogen-bond donors (Lipinski definition) is 1. The lowest BCUT2D eigenvalue weighted by Gasteiger charge is -2.12. The maximum Gasteiger partial charge on any atom is 0.162 e. The number of aryl methyl sites for hydroxylation is 1. The van der Waals surface area contributed by atoms with E-state index >= 15 is 0 Å². The third-order valence-corrected chi connectivity index (χ3v) is 5.02. The van der Waals surface area contributed by atoms with E-state index < -0.39 is 0 Å². The summed E-state index contributed by atoms with van der Waals surface area (Å²) in [5.41, 5.74) is 0.965. The number of rotatable bonds is 8.